The van der Waals surface area contributed by atoms with Gasteiger partial charge in [-0.1, -0.05) is 6.08 Å². The Morgan fingerprint density at radius 2 is 1.55 bits per heavy atom. The Balaban J connectivity index is 1.07. The fraction of sp³-hybridized carbons (Fsp3) is 0.273. The predicted molar refractivity (Wildman–Crippen MR) is 160 cm³/mol. The monoisotopic (exact) mass is 534 g/mol. The zero-order chi connectivity index (χ0) is 27.5. The predicted octanol–water partition coefficient (Wildman–Crippen LogP) is 6.40. The normalized spacial score (nSPS) is 15.7. The van der Waals surface area contributed by atoms with Crippen LogP contribution >= 0.6 is 0 Å². The number of ether oxygens (including phenoxy) is 1. The van der Waals surface area contributed by atoms with Gasteiger partial charge < -0.3 is 24.8 Å². The van der Waals surface area contributed by atoms with Crippen molar-refractivity contribution in [1.82, 2.24) is 4.57 Å². The van der Waals surface area contributed by atoms with Crippen molar-refractivity contribution in [2.24, 2.45) is 5.92 Å². The zero-order valence-corrected chi connectivity index (χ0v) is 22.5. The Morgan fingerprint density at radius 1 is 0.850 bits per heavy atom. The summed E-state index contributed by atoms with van der Waals surface area (Å²) in [6.07, 6.45) is 8.06. The van der Waals surface area contributed by atoms with Crippen molar-refractivity contribution < 1.29 is 14.3 Å². The number of anilines is 3. The molecule has 2 fully saturated rings. The highest BCUT2D eigenvalue weighted by atomic mass is 16.5. The number of rotatable bonds is 9. The van der Waals surface area contributed by atoms with Crippen molar-refractivity contribution in [3.05, 3.63) is 97.2 Å². The molecule has 1 saturated heterocycles. The SMILES string of the molecule is C=CCOC1CCN(c2ccc(C(=O)Nc3ccc4c(ccn4-c4ccc(NC(=O)C5CC5)cc4)c3)cc2)CC1. The number of carbonyl (C=O) groups excluding carboxylic acids is 2. The van der Waals surface area contributed by atoms with Gasteiger partial charge in [-0.25, -0.2) is 0 Å². The summed E-state index contributed by atoms with van der Waals surface area (Å²) in [6, 6.07) is 23.6. The molecule has 2 N–H and O–H groups in total. The number of aromatic nitrogens is 1. The number of nitrogens with one attached hydrogen (secondary N) is 2. The molecule has 0 radical (unpaired) electrons. The van der Waals surface area contributed by atoms with Crippen molar-refractivity contribution in [2.75, 3.05) is 35.2 Å². The molecular formula is C33H34N4O3. The molecule has 1 aliphatic carbocycles. The van der Waals surface area contributed by atoms with E-state index in [0.717, 1.165) is 72.4 Å². The standard InChI is InChI=1S/C33H34N4O3/c1-2-21-40-30-16-18-36(19-17-30)28-10-5-24(6-11-28)33(39)35-27-9-14-31-25(22-27)15-20-37(31)29-12-7-26(8-13-29)34-32(38)23-3-4-23/h2,5-15,20,22-23,30H,1,3-4,16-19,21H2,(H,34,38)(H,35,39). The Labute approximate surface area is 234 Å². The molecule has 2 amide bonds. The minimum Gasteiger partial charge on any atom is -0.374 e. The largest absolute Gasteiger partial charge is 0.374 e. The average Bonchev–Trinajstić information content (AvgIpc) is 3.77. The molecule has 7 nitrogen and oxygen atoms in total. The maximum absolute atomic E-state index is 13.0. The molecule has 0 unspecified atom stereocenters. The number of hydrogen-bond donors (Lipinski definition) is 2. The summed E-state index contributed by atoms with van der Waals surface area (Å²) in [5.74, 6) is 0.152. The van der Waals surface area contributed by atoms with Gasteiger partial charge in [0.1, 0.15) is 0 Å². The molecule has 1 aromatic heterocycles. The topological polar surface area (TPSA) is 75.6 Å². The minimum atomic E-state index is -0.134. The summed E-state index contributed by atoms with van der Waals surface area (Å²) in [5.41, 5.74) is 5.35. The second kappa shape index (κ2) is 11.4. The lowest BCUT2D eigenvalue weighted by Gasteiger charge is -2.33. The third-order valence-corrected chi connectivity index (χ3v) is 7.70. The third-order valence-electron chi connectivity index (χ3n) is 7.70. The van der Waals surface area contributed by atoms with Crippen molar-refractivity contribution >= 4 is 39.8 Å². The third kappa shape index (κ3) is 5.80. The van der Waals surface area contributed by atoms with E-state index in [2.05, 4.69) is 26.7 Å². The molecule has 204 valence electrons. The first kappa shape index (κ1) is 25.9. The molecule has 6 rings (SSSR count). The van der Waals surface area contributed by atoms with E-state index in [-0.39, 0.29) is 17.7 Å². The Hall–Kier alpha value is -4.36. The summed E-state index contributed by atoms with van der Waals surface area (Å²) in [7, 11) is 0. The maximum Gasteiger partial charge on any atom is 0.255 e. The van der Waals surface area contributed by atoms with Crippen LogP contribution in [-0.4, -0.2) is 42.2 Å². The van der Waals surface area contributed by atoms with E-state index in [4.69, 9.17) is 4.74 Å². The first-order valence-corrected chi connectivity index (χ1v) is 14.0. The van der Waals surface area contributed by atoms with E-state index in [1.165, 1.54) is 0 Å². The molecule has 0 bridgehead atoms. The van der Waals surface area contributed by atoms with Gasteiger partial charge in [-0.15, -0.1) is 6.58 Å². The van der Waals surface area contributed by atoms with Gasteiger partial charge in [-0.05, 0) is 98.5 Å². The number of amides is 2. The Bertz CT molecular complexity index is 1510. The van der Waals surface area contributed by atoms with Crippen LogP contribution in [0.2, 0.25) is 0 Å². The molecule has 0 spiro atoms. The van der Waals surface area contributed by atoms with Crippen LogP contribution in [0.5, 0.6) is 0 Å². The lowest BCUT2D eigenvalue weighted by atomic mass is 10.1. The van der Waals surface area contributed by atoms with Gasteiger partial charge in [0.05, 0.1) is 18.2 Å². The minimum absolute atomic E-state index is 0.107. The van der Waals surface area contributed by atoms with E-state index < -0.39 is 0 Å². The van der Waals surface area contributed by atoms with Crippen molar-refractivity contribution in [3.63, 3.8) is 0 Å². The van der Waals surface area contributed by atoms with Crippen molar-refractivity contribution in [3.8, 4) is 5.69 Å². The van der Waals surface area contributed by atoms with Gasteiger partial charge in [0, 0.05) is 58.9 Å². The van der Waals surface area contributed by atoms with E-state index in [0.29, 0.717) is 18.3 Å². The van der Waals surface area contributed by atoms with Crippen LogP contribution in [-0.2, 0) is 9.53 Å². The number of hydrogen-bond acceptors (Lipinski definition) is 4. The van der Waals surface area contributed by atoms with E-state index in [1.54, 1.807) is 6.08 Å². The number of carbonyl (C=O) groups is 2. The maximum atomic E-state index is 13.0. The van der Waals surface area contributed by atoms with Gasteiger partial charge in [-0.3, -0.25) is 9.59 Å². The Kier molecular flexibility index (Phi) is 7.38. The van der Waals surface area contributed by atoms with E-state index >= 15 is 0 Å². The lowest BCUT2D eigenvalue weighted by Crippen LogP contribution is -2.37. The Morgan fingerprint density at radius 3 is 2.25 bits per heavy atom. The second-order valence-corrected chi connectivity index (χ2v) is 10.6. The summed E-state index contributed by atoms with van der Waals surface area (Å²) >= 11 is 0. The number of nitrogens with zero attached hydrogens (tertiary/aromatic N) is 2. The van der Waals surface area contributed by atoms with Gasteiger partial charge in [0.2, 0.25) is 5.91 Å². The number of fused-ring (bicyclic) bond motifs is 1. The van der Waals surface area contributed by atoms with Crippen molar-refractivity contribution in [2.45, 2.75) is 31.8 Å². The van der Waals surface area contributed by atoms with Crippen LogP contribution in [0.25, 0.3) is 16.6 Å². The average molecular weight is 535 g/mol. The molecule has 4 aromatic rings. The van der Waals surface area contributed by atoms with Gasteiger partial charge >= 0.3 is 0 Å². The van der Waals surface area contributed by atoms with E-state index in [9.17, 15) is 9.59 Å². The zero-order valence-electron chi connectivity index (χ0n) is 22.5. The molecule has 7 heteroatoms. The fourth-order valence-electron chi connectivity index (χ4n) is 5.25. The first-order chi connectivity index (χ1) is 19.6. The smallest absolute Gasteiger partial charge is 0.255 e. The van der Waals surface area contributed by atoms with Crippen LogP contribution in [0.4, 0.5) is 17.1 Å². The van der Waals surface area contributed by atoms with Gasteiger partial charge in [0.25, 0.3) is 5.91 Å². The van der Waals surface area contributed by atoms with Crippen molar-refractivity contribution in [1.29, 1.82) is 0 Å². The van der Waals surface area contributed by atoms with Crippen LogP contribution in [0.15, 0.2) is 91.6 Å². The highest BCUT2D eigenvalue weighted by molar-refractivity contribution is 6.05. The van der Waals surface area contributed by atoms with Crippen LogP contribution in [0.1, 0.15) is 36.0 Å². The molecule has 40 heavy (non-hydrogen) atoms. The summed E-state index contributed by atoms with van der Waals surface area (Å²) < 4.78 is 7.88. The summed E-state index contributed by atoms with van der Waals surface area (Å²) in [5, 5.41) is 7.05. The molecule has 2 aliphatic rings. The van der Waals surface area contributed by atoms with Crippen LogP contribution in [0.3, 0.4) is 0 Å². The molecule has 3 aromatic carbocycles. The quantitative estimate of drug-likeness (QED) is 0.244. The number of benzene rings is 3. The van der Waals surface area contributed by atoms with Gasteiger partial charge in [0.15, 0.2) is 0 Å². The fourth-order valence-corrected chi connectivity index (χ4v) is 5.25. The number of piperidine rings is 1. The molecular weight excluding hydrogens is 500 g/mol. The molecule has 1 saturated carbocycles. The van der Waals surface area contributed by atoms with Gasteiger partial charge in [-0.2, -0.15) is 0 Å². The van der Waals surface area contributed by atoms with E-state index in [1.807, 2.05) is 79.0 Å². The first-order valence-electron chi connectivity index (χ1n) is 14.0. The second-order valence-electron chi connectivity index (χ2n) is 10.6. The van der Waals surface area contributed by atoms with Crippen LogP contribution in [0, 0.1) is 5.92 Å². The summed E-state index contributed by atoms with van der Waals surface area (Å²) in [4.78, 5) is 27.3. The molecule has 2 heterocycles. The molecule has 0 atom stereocenters. The highest BCUT2D eigenvalue weighted by Crippen LogP contribution is 2.31. The van der Waals surface area contributed by atoms with Crippen LogP contribution < -0.4 is 15.5 Å². The molecule has 1 aliphatic heterocycles. The lowest BCUT2D eigenvalue weighted by molar-refractivity contribution is -0.117. The summed E-state index contributed by atoms with van der Waals surface area (Å²) in [6.45, 7) is 6.20. The highest BCUT2D eigenvalue weighted by Gasteiger charge is 2.29.